The van der Waals surface area contributed by atoms with Crippen LogP contribution >= 0.6 is 0 Å². The molecular formula is C13H24N2O4. The zero-order valence-corrected chi connectivity index (χ0v) is 11.9. The maximum Gasteiger partial charge on any atom is 0.408 e. The van der Waals surface area contributed by atoms with Gasteiger partial charge in [-0.3, -0.25) is 0 Å². The Hall–Kier alpha value is -1.56. The highest BCUT2D eigenvalue weighted by atomic mass is 16.6. The van der Waals surface area contributed by atoms with Crippen LogP contribution in [0.2, 0.25) is 0 Å². The van der Waals surface area contributed by atoms with Gasteiger partial charge in [0, 0.05) is 6.54 Å². The Kier molecular flexibility index (Phi) is 7.83. The molecule has 0 spiro atoms. The number of ether oxygens (including phenoxy) is 1. The van der Waals surface area contributed by atoms with Gasteiger partial charge in [-0.25, -0.2) is 9.59 Å². The van der Waals surface area contributed by atoms with Gasteiger partial charge in [0.05, 0.1) is 0 Å². The zero-order chi connectivity index (χ0) is 14.9. The minimum Gasteiger partial charge on any atom is -0.480 e. The van der Waals surface area contributed by atoms with Crippen LogP contribution in [0.1, 0.15) is 33.6 Å². The highest BCUT2D eigenvalue weighted by Gasteiger charge is 2.23. The second-order valence-electron chi connectivity index (χ2n) is 5.17. The van der Waals surface area contributed by atoms with E-state index in [1.807, 2.05) is 0 Å². The number of hydrogen-bond acceptors (Lipinski definition) is 4. The molecule has 6 heteroatoms. The Morgan fingerprint density at radius 1 is 1.42 bits per heavy atom. The standard InChI is InChI=1S/C13H24N2O4/c1-5-8-14-9-6-7-10(11(16)17)15-12(18)19-13(2,3)4/h5,10,14H,1,6-9H2,2-4H3,(H,15,18)(H,16,17). The quantitative estimate of drug-likeness (QED) is 0.460. The Morgan fingerprint density at radius 2 is 2.05 bits per heavy atom. The van der Waals surface area contributed by atoms with Gasteiger partial charge >= 0.3 is 12.1 Å². The Bertz CT molecular complexity index is 310. The Balaban J connectivity index is 4.08. The van der Waals surface area contributed by atoms with Crippen LogP contribution in [-0.4, -0.2) is 41.9 Å². The average molecular weight is 272 g/mol. The number of carbonyl (C=O) groups is 2. The van der Waals surface area contributed by atoms with Gasteiger partial charge in [0.15, 0.2) is 0 Å². The third-order valence-electron chi connectivity index (χ3n) is 2.12. The predicted molar refractivity (Wildman–Crippen MR) is 73.1 cm³/mol. The molecule has 0 fully saturated rings. The van der Waals surface area contributed by atoms with Gasteiger partial charge < -0.3 is 20.5 Å². The maximum atomic E-state index is 11.5. The first-order valence-electron chi connectivity index (χ1n) is 6.30. The normalized spacial score (nSPS) is 12.6. The summed E-state index contributed by atoms with van der Waals surface area (Å²) >= 11 is 0. The molecule has 6 nitrogen and oxygen atoms in total. The van der Waals surface area contributed by atoms with E-state index in [1.165, 1.54) is 0 Å². The molecule has 110 valence electrons. The van der Waals surface area contributed by atoms with E-state index in [1.54, 1.807) is 26.8 Å². The second-order valence-corrected chi connectivity index (χ2v) is 5.17. The highest BCUT2D eigenvalue weighted by Crippen LogP contribution is 2.07. The van der Waals surface area contributed by atoms with E-state index in [2.05, 4.69) is 17.2 Å². The van der Waals surface area contributed by atoms with Crippen LogP contribution in [-0.2, 0) is 9.53 Å². The molecule has 3 N–H and O–H groups in total. The fourth-order valence-electron chi connectivity index (χ4n) is 1.34. The van der Waals surface area contributed by atoms with E-state index in [9.17, 15) is 9.59 Å². The second kappa shape index (κ2) is 8.53. The summed E-state index contributed by atoms with van der Waals surface area (Å²) < 4.78 is 5.02. The van der Waals surface area contributed by atoms with E-state index < -0.39 is 23.7 Å². The number of hydrogen-bond donors (Lipinski definition) is 3. The molecular weight excluding hydrogens is 248 g/mol. The van der Waals surface area contributed by atoms with Crippen molar-refractivity contribution in [2.45, 2.75) is 45.3 Å². The summed E-state index contributed by atoms with van der Waals surface area (Å²) in [6.45, 7) is 10.1. The molecule has 1 unspecified atom stereocenters. The Labute approximate surface area is 114 Å². The molecule has 0 aliphatic heterocycles. The minimum absolute atomic E-state index is 0.346. The van der Waals surface area contributed by atoms with E-state index >= 15 is 0 Å². The zero-order valence-electron chi connectivity index (χ0n) is 11.9. The van der Waals surface area contributed by atoms with Gasteiger partial charge in [0.25, 0.3) is 0 Å². The lowest BCUT2D eigenvalue weighted by atomic mass is 10.1. The summed E-state index contributed by atoms with van der Waals surface area (Å²) in [4.78, 5) is 22.5. The first-order chi connectivity index (χ1) is 8.76. The van der Waals surface area contributed by atoms with Crippen molar-refractivity contribution in [1.82, 2.24) is 10.6 Å². The molecule has 0 heterocycles. The lowest BCUT2D eigenvalue weighted by molar-refractivity contribution is -0.139. The van der Waals surface area contributed by atoms with E-state index in [4.69, 9.17) is 9.84 Å². The third kappa shape index (κ3) is 10.1. The van der Waals surface area contributed by atoms with Gasteiger partial charge in [-0.15, -0.1) is 6.58 Å². The summed E-state index contributed by atoms with van der Waals surface area (Å²) in [6.07, 6.45) is 2.01. The molecule has 0 bridgehead atoms. The van der Waals surface area contributed by atoms with Gasteiger partial charge in [-0.05, 0) is 40.2 Å². The highest BCUT2D eigenvalue weighted by molar-refractivity contribution is 5.79. The van der Waals surface area contributed by atoms with E-state index in [0.29, 0.717) is 25.9 Å². The summed E-state index contributed by atoms with van der Waals surface area (Å²) in [6, 6.07) is -0.930. The predicted octanol–water partition coefficient (Wildman–Crippen LogP) is 1.52. The first-order valence-corrected chi connectivity index (χ1v) is 6.30. The van der Waals surface area contributed by atoms with Gasteiger partial charge in [-0.2, -0.15) is 0 Å². The van der Waals surface area contributed by atoms with Gasteiger partial charge in [0.1, 0.15) is 11.6 Å². The molecule has 0 aliphatic carbocycles. The monoisotopic (exact) mass is 272 g/mol. The third-order valence-corrected chi connectivity index (χ3v) is 2.12. The summed E-state index contributed by atoms with van der Waals surface area (Å²) in [5.41, 5.74) is -0.640. The molecule has 1 atom stereocenters. The van der Waals surface area contributed by atoms with Crippen molar-refractivity contribution in [2.75, 3.05) is 13.1 Å². The molecule has 1 amide bonds. The SMILES string of the molecule is C=CCNCCCC(NC(=O)OC(C)(C)C)C(=O)O. The summed E-state index contributed by atoms with van der Waals surface area (Å²) in [5.74, 6) is -1.06. The number of carboxylic acid groups (broad SMARTS) is 1. The van der Waals surface area contributed by atoms with Crippen molar-refractivity contribution >= 4 is 12.1 Å². The van der Waals surface area contributed by atoms with Crippen LogP contribution in [0.4, 0.5) is 4.79 Å². The molecule has 0 aliphatic rings. The van der Waals surface area contributed by atoms with Crippen LogP contribution < -0.4 is 10.6 Å². The average Bonchev–Trinajstić information content (AvgIpc) is 2.24. The van der Waals surface area contributed by atoms with Crippen molar-refractivity contribution < 1.29 is 19.4 Å². The van der Waals surface area contributed by atoms with E-state index in [-0.39, 0.29) is 0 Å². The van der Waals surface area contributed by atoms with Gasteiger partial charge in [0.2, 0.25) is 0 Å². The largest absolute Gasteiger partial charge is 0.480 e. The van der Waals surface area contributed by atoms with Crippen molar-refractivity contribution in [3.63, 3.8) is 0 Å². The van der Waals surface area contributed by atoms with Crippen molar-refractivity contribution in [1.29, 1.82) is 0 Å². The fraction of sp³-hybridized carbons (Fsp3) is 0.692. The minimum atomic E-state index is -1.06. The summed E-state index contributed by atoms with van der Waals surface area (Å²) in [7, 11) is 0. The van der Waals surface area contributed by atoms with Crippen LogP contribution in [0.3, 0.4) is 0 Å². The molecule has 0 aromatic carbocycles. The van der Waals surface area contributed by atoms with Crippen molar-refractivity contribution in [2.24, 2.45) is 0 Å². The molecule has 0 rings (SSSR count). The maximum absolute atomic E-state index is 11.5. The Morgan fingerprint density at radius 3 is 2.53 bits per heavy atom. The molecule has 0 radical (unpaired) electrons. The molecule has 0 saturated heterocycles. The topological polar surface area (TPSA) is 87.7 Å². The van der Waals surface area contributed by atoms with E-state index in [0.717, 1.165) is 0 Å². The lowest BCUT2D eigenvalue weighted by Crippen LogP contribution is -2.43. The van der Waals surface area contributed by atoms with Gasteiger partial charge in [-0.1, -0.05) is 6.08 Å². The van der Waals surface area contributed by atoms with Crippen LogP contribution in [0, 0.1) is 0 Å². The fourth-order valence-corrected chi connectivity index (χ4v) is 1.34. The van der Waals surface area contributed by atoms with Crippen molar-refractivity contribution in [3.05, 3.63) is 12.7 Å². The number of nitrogens with one attached hydrogen (secondary N) is 2. The number of carboxylic acids is 1. The smallest absolute Gasteiger partial charge is 0.408 e. The molecule has 0 aromatic heterocycles. The summed E-state index contributed by atoms with van der Waals surface area (Å²) in [5, 5.41) is 14.4. The van der Waals surface area contributed by atoms with Crippen LogP contribution in [0.15, 0.2) is 12.7 Å². The number of alkyl carbamates (subject to hydrolysis) is 1. The van der Waals surface area contributed by atoms with Crippen LogP contribution in [0.5, 0.6) is 0 Å². The molecule has 0 aromatic rings. The first kappa shape index (κ1) is 17.4. The number of amides is 1. The molecule has 0 saturated carbocycles. The molecule has 19 heavy (non-hydrogen) atoms. The number of rotatable bonds is 8. The van der Waals surface area contributed by atoms with Crippen molar-refractivity contribution in [3.8, 4) is 0 Å². The number of carbonyl (C=O) groups excluding carboxylic acids is 1. The van der Waals surface area contributed by atoms with Crippen LogP contribution in [0.25, 0.3) is 0 Å². The number of aliphatic carboxylic acids is 1. The lowest BCUT2D eigenvalue weighted by Gasteiger charge is -2.22.